The lowest BCUT2D eigenvalue weighted by molar-refractivity contribution is -0.145. The molecule has 1 amide bonds. The van der Waals surface area contributed by atoms with Crippen LogP contribution >= 0.6 is 8.25 Å². The van der Waals surface area contributed by atoms with Gasteiger partial charge in [0.25, 0.3) is 0 Å². The Labute approximate surface area is 243 Å². The van der Waals surface area contributed by atoms with Crippen LogP contribution in [0, 0.1) is 12.7 Å². The third-order valence-corrected chi connectivity index (χ3v) is 9.17. The van der Waals surface area contributed by atoms with E-state index in [1.54, 1.807) is 6.92 Å². The zero-order valence-electron chi connectivity index (χ0n) is 22.5. The molecule has 4 atom stereocenters. The summed E-state index contributed by atoms with van der Waals surface area (Å²) < 4.78 is 111. The van der Waals surface area contributed by atoms with E-state index in [0.717, 1.165) is 41.6 Å². The topological polar surface area (TPSA) is 143 Å². The number of carbonyl (C=O) groups is 1. The highest BCUT2D eigenvalue weighted by Gasteiger charge is 2.50. The van der Waals surface area contributed by atoms with Crippen LogP contribution in [-0.4, -0.2) is 68.4 Å². The molecule has 1 fully saturated rings. The quantitative estimate of drug-likeness (QED) is 0.208. The largest absolute Gasteiger partial charge is 0.451 e. The molecule has 2 aromatic heterocycles. The Morgan fingerprint density at radius 3 is 2.37 bits per heavy atom. The first-order valence-electron chi connectivity index (χ1n) is 12.5. The Morgan fingerprint density at radius 2 is 1.79 bits per heavy atom. The van der Waals surface area contributed by atoms with Crippen molar-refractivity contribution >= 4 is 24.2 Å². The van der Waals surface area contributed by atoms with Crippen molar-refractivity contribution in [1.82, 2.24) is 24.2 Å². The lowest BCUT2D eigenvalue weighted by atomic mass is 10.1. The number of rotatable bonds is 9. The van der Waals surface area contributed by atoms with Crippen molar-refractivity contribution in [1.29, 1.82) is 0 Å². The molecule has 0 aliphatic carbocycles. The van der Waals surface area contributed by atoms with E-state index in [4.69, 9.17) is 4.52 Å². The van der Waals surface area contributed by atoms with Crippen molar-refractivity contribution < 1.29 is 49.1 Å². The van der Waals surface area contributed by atoms with Gasteiger partial charge in [-0.25, -0.2) is 27.2 Å². The predicted molar refractivity (Wildman–Crippen MR) is 141 cm³/mol. The van der Waals surface area contributed by atoms with E-state index < -0.39 is 73.4 Å². The lowest BCUT2D eigenvalue weighted by Gasteiger charge is -2.31. The van der Waals surface area contributed by atoms with E-state index in [1.165, 1.54) is 19.2 Å². The van der Waals surface area contributed by atoms with Crippen LogP contribution in [0.1, 0.15) is 30.3 Å². The molecule has 1 unspecified atom stereocenters. The molecule has 18 heteroatoms. The number of aryl methyl sites for hydroxylation is 1. The van der Waals surface area contributed by atoms with Crippen LogP contribution in [0.2, 0.25) is 0 Å². The first-order chi connectivity index (χ1) is 20.1. The van der Waals surface area contributed by atoms with Gasteiger partial charge >= 0.3 is 14.4 Å². The molecule has 3 heterocycles. The van der Waals surface area contributed by atoms with Crippen LogP contribution < -0.4 is 0 Å². The van der Waals surface area contributed by atoms with Gasteiger partial charge in [0.1, 0.15) is 24.8 Å². The predicted octanol–water partition coefficient (Wildman–Crippen LogP) is 3.88. The van der Waals surface area contributed by atoms with Gasteiger partial charge in [0.2, 0.25) is 21.8 Å². The van der Waals surface area contributed by atoms with E-state index in [-0.39, 0.29) is 22.7 Å². The molecule has 0 bridgehead atoms. The van der Waals surface area contributed by atoms with Crippen LogP contribution in [0.4, 0.5) is 22.0 Å². The van der Waals surface area contributed by atoms with Gasteiger partial charge in [0.15, 0.2) is 0 Å². The molecule has 0 spiro atoms. The molecular formula is C25H25F5N5O6PS. The number of hydrogen-bond acceptors (Lipinski definition) is 8. The second kappa shape index (κ2) is 12.7. The second-order valence-corrected chi connectivity index (χ2v) is 12.3. The van der Waals surface area contributed by atoms with Gasteiger partial charge in [0, 0.05) is 37.1 Å². The number of carbonyl (C=O) groups excluding carboxylic acids is 1. The molecule has 1 aromatic carbocycles. The number of benzene rings is 1. The summed E-state index contributed by atoms with van der Waals surface area (Å²) in [5.41, 5.74) is 1.10. The average molecular weight is 650 g/mol. The van der Waals surface area contributed by atoms with Gasteiger partial charge in [-0.2, -0.15) is 17.5 Å². The molecule has 11 nitrogen and oxygen atoms in total. The van der Waals surface area contributed by atoms with E-state index >= 15 is 0 Å². The summed E-state index contributed by atoms with van der Waals surface area (Å²) in [5, 5.41) is 0. The highest BCUT2D eigenvalue weighted by Crippen LogP contribution is 2.35. The molecule has 0 saturated carbocycles. The highest BCUT2D eigenvalue weighted by molar-refractivity contribution is 7.89. The zero-order valence-corrected chi connectivity index (χ0v) is 24.3. The average Bonchev–Trinajstić information content (AvgIpc) is 3.25. The first kappa shape index (κ1) is 32.5. The maximum absolute atomic E-state index is 15.0. The van der Waals surface area contributed by atoms with Gasteiger partial charge in [0.05, 0.1) is 16.6 Å². The van der Waals surface area contributed by atoms with Gasteiger partial charge in [-0.3, -0.25) is 18.9 Å². The minimum Gasteiger partial charge on any atom is -0.326 e. The molecular weight excluding hydrogens is 624 g/mol. The number of nitrogens with zero attached hydrogens (tertiary/aromatic N) is 5. The number of amides is 1. The van der Waals surface area contributed by atoms with Gasteiger partial charge in [-0.15, -0.1) is 0 Å². The number of pyridine rings is 1. The molecule has 3 aromatic rings. The Morgan fingerprint density at radius 1 is 1.16 bits per heavy atom. The molecule has 4 rings (SSSR count). The number of aromatic nitrogens is 3. The van der Waals surface area contributed by atoms with Crippen molar-refractivity contribution in [2.24, 2.45) is 0 Å². The summed E-state index contributed by atoms with van der Waals surface area (Å²) in [6.45, 7) is 1.76. The van der Waals surface area contributed by atoms with Crippen molar-refractivity contribution in [3.05, 3.63) is 71.7 Å². The van der Waals surface area contributed by atoms with E-state index in [2.05, 4.69) is 15.0 Å². The lowest BCUT2D eigenvalue weighted by Crippen LogP contribution is -2.50. The van der Waals surface area contributed by atoms with Gasteiger partial charge in [-0.1, -0.05) is 0 Å². The standard InChI is InChI=1S/C25H25F5N5O6PS/c1-14-9-31-21(17-10-32-24(33-11-17)25(28,29)30)7-16(14)12-34(13-41-42(37)38)23(36)22-8-20(27)15(2)35(22)43(39,40)19-5-3-18(26)4-6-19/h3-7,9-11,15,20,22,42H,8,12-13H2,1-2H3,(H,37,38)/t15-,20+,22-/m0/s1. The molecule has 232 valence electrons. The van der Waals surface area contributed by atoms with Crippen molar-refractivity contribution in [3.8, 4) is 11.3 Å². The second-order valence-electron chi connectivity index (χ2n) is 9.66. The molecule has 0 radical (unpaired) electrons. The van der Waals surface area contributed by atoms with Crippen LogP contribution in [0.15, 0.2) is 53.8 Å². The highest BCUT2D eigenvalue weighted by atomic mass is 32.2. The van der Waals surface area contributed by atoms with E-state index in [9.17, 15) is 44.6 Å². The normalized spacial score (nSPS) is 20.2. The molecule has 1 saturated heterocycles. The molecule has 1 N–H and O–H groups in total. The molecule has 1 aliphatic heterocycles. The fourth-order valence-corrected chi connectivity index (χ4v) is 6.59. The summed E-state index contributed by atoms with van der Waals surface area (Å²) in [4.78, 5) is 34.4. The smallest absolute Gasteiger partial charge is 0.326 e. The Balaban J connectivity index is 1.67. The Bertz CT molecular complexity index is 1610. The Kier molecular flexibility index (Phi) is 9.61. The third-order valence-electron chi connectivity index (χ3n) is 6.79. The summed E-state index contributed by atoms with van der Waals surface area (Å²) >= 11 is 0. The van der Waals surface area contributed by atoms with Crippen molar-refractivity contribution in [3.63, 3.8) is 0 Å². The summed E-state index contributed by atoms with van der Waals surface area (Å²) in [6, 6.07) is 2.33. The van der Waals surface area contributed by atoms with Crippen LogP contribution in [0.3, 0.4) is 0 Å². The summed E-state index contributed by atoms with van der Waals surface area (Å²) in [7, 11) is -8.07. The molecule has 43 heavy (non-hydrogen) atoms. The third kappa shape index (κ3) is 7.24. The van der Waals surface area contributed by atoms with Crippen LogP contribution in [0.5, 0.6) is 0 Å². The van der Waals surface area contributed by atoms with Crippen LogP contribution in [0.25, 0.3) is 11.3 Å². The van der Waals surface area contributed by atoms with E-state index in [1.807, 2.05) is 0 Å². The first-order valence-corrected chi connectivity index (χ1v) is 15.2. The fraction of sp³-hybridized carbons (Fsp3) is 0.360. The van der Waals surface area contributed by atoms with Crippen LogP contribution in [-0.2, 0) is 36.6 Å². The summed E-state index contributed by atoms with van der Waals surface area (Å²) in [5.74, 6) is -3.01. The zero-order chi connectivity index (χ0) is 31.7. The van der Waals surface area contributed by atoms with Gasteiger partial charge in [-0.05, 0) is 55.3 Å². The van der Waals surface area contributed by atoms with Crippen molar-refractivity contribution in [2.75, 3.05) is 6.73 Å². The molecule has 1 aliphatic rings. The monoisotopic (exact) mass is 649 g/mol. The minimum atomic E-state index is -4.76. The number of sulfonamides is 1. The number of alkyl halides is 4. The maximum Gasteiger partial charge on any atom is 0.451 e. The number of hydrogen-bond donors (Lipinski definition) is 1. The minimum absolute atomic E-state index is 0.116. The fourth-order valence-electron chi connectivity index (χ4n) is 4.52. The Hall–Kier alpha value is -3.37. The maximum atomic E-state index is 15.0. The summed E-state index contributed by atoms with van der Waals surface area (Å²) in [6.07, 6.45) is -3.84. The van der Waals surface area contributed by atoms with Crippen molar-refractivity contribution in [2.45, 2.75) is 56.1 Å². The number of halogens is 5. The SMILES string of the molecule is Cc1cnc(-c2cnc(C(F)(F)F)nc2)cc1CN(CO[PH](=O)O)C(=O)[C@@H]1C[C@@H](F)[C@H](C)N1S(=O)(=O)c1ccc(F)cc1. The van der Waals surface area contributed by atoms with Gasteiger partial charge < -0.3 is 9.79 Å². The van der Waals surface area contributed by atoms with E-state index in [0.29, 0.717) is 15.4 Å².